The van der Waals surface area contributed by atoms with Crippen LogP contribution in [0.25, 0.3) is 11.3 Å². The molecule has 7 heteroatoms. The number of anilines is 1. The van der Waals surface area contributed by atoms with Crippen molar-refractivity contribution in [3.05, 3.63) is 52.3 Å². The molecular weight excluding hydrogens is 388 g/mol. The van der Waals surface area contributed by atoms with Crippen molar-refractivity contribution in [2.75, 3.05) is 11.9 Å². The summed E-state index contributed by atoms with van der Waals surface area (Å²) in [5.41, 5.74) is 2.91. The Hall–Kier alpha value is -2.93. The highest BCUT2D eigenvalue weighted by molar-refractivity contribution is 7.14. The number of ether oxygens (including phenoxy) is 1. The number of carbonyl (C=O) groups is 2. The van der Waals surface area contributed by atoms with Crippen LogP contribution in [0.1, 0.15) is 58.4 Å². The molecule has 0 spiro atoms. The lowest BCUT2D eigenvalue weighted by molar-refractivity contribution is 0.0963. The number of carbonyl (C=O) groups excluding carboxylic acids is 2. The van der Waals surface area contributed by atoms with Gasteiger partial charge >= 0.3 is 0 Å². The molecule has 150 valence electrons. The molecule has 1 N–H and O–H groups in total. The molecule has 3 aromatic rings. The number of hydrogen-bond donors (Lipinski definition) is 1. The standard InChI is InChI=1S/C22H22N2O4S/c1-3-11-27-15-9-7-14(8-10-15)16-12-29-22(23-16)24-21(26)20-13(2)19-17(25)5-4-6-18(19)28-20/h7-10,12H,3-6,11H2,1-2H3,(H,23,24,26). The van der Waals surface area contributed by atoms with Crippen LogP contribution in [0.3, 0.4) is 0 Å². The van der Waals surface area contributed by atoms with Gasteiger partial charge in [-0.15, -0.1) is 11.3 Å². The van der Waals surface area contributed by atoms with Crippen LogP contribution in [0, 0.1) is 6.92 Å². The lowest BCUT2D eigenvalue weighted by Gasteiger charge is -2.07. The predicted octanol–water partition coefficient (Wildman–Crippen LogP) is 5.27. The Morgan fingerprint density at radius 1 is 1.28 bits per heavy atom. The highest BCUT2D eigenvalue weighted by atomic mass is 32.1. The van der Waals surface area contributed by atoms with Gasteiger partial charge in [0.2, 0.25) is 0 Å². The summed E-state index contributed by atoms with van der Waals surface area (Å²) in [4.78, 5) is 29.3. The molecule has 0 saturated heterocycles. The third kappa shape index (κ3) is 3.96. The van der Waals surface area contributed by atoms with E-state index in [0.29, 0.717) is 41.5 Å². The number of amides is 1. The first-order valence-electron chi connectivity index (χ1n) is 9.72. The zero-order valence-electron chi connectivity index (χ0n) is 16.4. The topological polar surface area (TPSA) is 81.4 Å². The van der Waals surface area contributed by atoms with Crippen LogP contribution in [-0.4, -0.2) is 23.3 Å². The summed E-state index contributed by atoms with van der Waals surface area (Å²) in [5.74, 6) is 1.31. The maximum atomic E-state index is 12.7. The second-order valence-corrected chi connectivity index (χ2v) is 7.85. The van der Waals surface area contributed by atoms with Gasteiger partial charge in [0.15, 0.2) is 16.7 Å². The molecule has 0 radical (unpaired) electrons. The first-order chi connectivity index (χ1) is 14.1. The number of nitrogens with zero attached hydrogens (tertiary/aromatic N) is 1. The second-order valence-electron chi connectivity index (χ2n) is 7.00. The van der Waals surface area contributed by atoms with Crippen molar-refractivity contribution in [3.63, 3.8) is 0 Å². The van der Waals surface area contributed by atoms with Crippen molar-refractivity contribution < 1.29 is 18.7 Å². The Morgan fingerprint density at radius 2 is 2.07 bits per heavy atom. The van der Waals surface area contributed by atoms with Gasteiger partial charge < -0.3 is 9.15 Å². The number of nitrogens with one attached hydrogen (secondary N) is 1. The zero-order valence-corrected chi connectivity index (χ0v) is 17.2. The first-order valence-corrected chi connectivity index (χ1v) is 10.6. The van der Waals surface area contributed by atoms with Crippen molar-refractivity contribution in [1.82, 2.24) is 4.98 Å². The molecule has 1 aliphatic carbocycles. The fourth-order valence-electron chi connectivity index (χ4n) is 3.42. The fourth-order valence-corrected chi connectivity index (χ4v) is 4.14. The lowest BCUT2D eigenvalue weighted by Crippen LogP contribution is -2.13. The Kier molecular flexibility index (Phi) is 5.49. The second kappa shape index (κ2) is 8.21. The van der Waals surface area contributed by atoms with Gasteiger partial charge in [-0.05, 0) is 44.0 Å². The van der Waals surface area contributed by atoms with E-state index in [1.807, 2.05) is 29.6 Å². The Labute approximate surface area is 172 Å². The van der Waals surface area contributed by atoms with Crippen LogP contribution in [0.4, 0.5) is 5.13 Å². The third-order valence-electron chi connectivity index (χ3n) is 4.86. The lowest BCUT2D eigenvalue weighted by atomic mass is 9.94. The van der Waals surface area contributed by atoms with Crippen molar-refractivity contribution in [1.29, 1.82) is 0 Å². The molecule has 1 amide bonds. The third-order valence-corrected chi connectivity index (χ3v) is 5.62. The smallest absolute Gasteiger partial charge is 0.293 e. The molecule has 6 nitrogen and oxygen atoms in total. The molecule has 4 rings (SSSR count). The molecule has 0 saturated carbocycles. The number of ketones is 1. The largest absolute Gasteiger partial charge is 0.494 e. The molecule has 2 aromatic heterocycles. The number of fused-ring (bicyclic) bond motifs is 1. The minimum atomic E-state index is -0.381. The monoisotopic (exact) mass is 410 g/mol. The van der Waals surface area contributed by atoms with Crippen LogP contribution < -0.4 is 10.1 Å². The maximum absolute atomic E-state index is 12.7. The number of thiazole rings is 1. The number of benzene rings is 1. The molecular formula is C22H22N2O4S. The number of Topliss-reactive ketones (excluding diaryl/α,β-unsaturated/α-hetero) is 1. The summed E-state index contributed by atoms with van der Waals surface area (Å²) in [5, 5.41) is 5.16. The van der Waals surface area contributed by atoms with Crippen molar-refractivity contribution in [2.24, 2.45) is 0 Å². The summed E-state index contributed by atoms with van der Waals surface area (Å²) in [7, 11) is 0. The summed E-state index contributed by atoms with van der Waals surface area (Å²) < 4.78 is 11.3. The van der Waals surface area contributed by atoms with Crippen LogP contribution in [-0.2, 0) is 6.42 Å². The van der Waals surface area contributed by atoms with Crippen molar-refractivity contribution in [3.8, 4) is 17.0 Å². The number of aryl methyl sites for hydroxylation is 1. The van der Waals surface area contributed by atoms with Gasteiger partial charge in [0.1, 0.15) is 11.5 Å². The molecule has 0 unspecified atom stereocenters. The van der Waals surface area contributed by atoms with E-state index in [2.05, 4.69) is 17.2 Å². The van der Waals surface area contributed by atoms with Crippen LogP contribution in [0.15, 0.2) is 34.1 Å². The molecule has 0 atom stereocenters. The van der Waals surface area contributed by atoms with Gasteiger partial charge in [-0.3, -0.25) is 14.9 Å². The normalized spacial score (nSPS) is 13.2. The van der Waals surface area contributed by atoms with Gasteiger partial charge in [-0.2, -0.15) is 0 Å². The van der Waals surface area contributed by atoms with Gasteiger partial charge in [0, 0.05) is 29.3 Å². The Morgan fingerprint density at radius 3 is 2.79 bits per heavy atom. The predicted molar refractivity (Wildman–Crippen MR) is 112 cm³/mol. The van der Waals surface area contributed by atoms with Gasteiger partial charge in [0.05, 0.1) is 17.9 Å². The van der Waals surface area contributed by atoms with Crippen LogP contribution in [0.5, 0.6) is 5.75 Å². The summed E-state index contributed by atoms with van der Waals surface area (Å²) in [6, 6.07) is 7.72. The highest BCUT2D eigenvalue weighted by Gasteiger charge is 2.29. The number of hydrogen-bond acceptors (Lipinski definition) is 6. The molecule has 0 bridgehead atoms. The van der Waals surface area contributed by atoms with Crippen molar-refractivity contribution in [2.45, 2.75) is 39.5 Å². The minimum absolute atomic E-state index is 0.0504. The van der Waals surface area contributed by atoms with Gasteiger partial charge in [-0.1, -0.05) is 6.92 Å². The fraction of sp³-hybridized carbons (Fsp3) is 0.318. The Bertz CT molecular complexity index is 1050. The van der Waals surface area contributed by atoms with Gasteiger partial charge in [0.25, 0.3) is 5.91 Å². The van der Waals surface area contributed by atoms with E-state index in [9.17, 15) is 9.59 Å². The number of aromatic nitrogens is 1. The minimum Gasteiger partial charge on any atom is -0.494 e. The van der Waals surface area contributed by atoms with E-state index >= 15 is 0 Å². The summed E-state index contributed by atoms with van der Waals surface area (Å²) in [6.45, 7) is 4.51. The Balaban J connectivity index is 1.48. The van der Waals surface area contributed by atoms with Crippen LogP contribution in [0.2, 0.25) is 0 Å². The molecule has 0 fully saturated rings. The van der Waals surface area contributed by atoms with Crippen molar-refractivity contribution >= 4 is 28.2 Å². The van der Waals surface area contributed by atoms with E-state index in [1.54, 1.807) is 6.92 Å². The molecule has 1 aliphatic rings. The van der Waals surface area contributed by atoms with E-state index < -0.39 is 0 Å². The summed E-state index contributed by atoms with van der Waals surface area (Å²) in [6.07, 6.45) is 2.92. The molecule has 2 heterocycles. The molecule has 0 aliphatic heterocycles. The SMILES string of the molecule is CCCOc1ccc(-c2csc(NC(=O)c3oc4c(c3C)C(=O)CCC4)n2)cc1. The highest BCUT2D eigenvalue weighted by Crippen LogP contribution is 2.31. The van der Waals surface area contributed by atoms with E-state index in [0.717, 1.165) is 29.8 Å². The van der Waals surface area contributed by atoms with E-state index in [4.69, 9.17) is 9.15 Å². The first kappa shape index (κ1) is 19.4. The van der Waals surface area contributed by atoms with E-state index in [1.165, 1.54) is 11.3 Å². The maximum Gasteiger partial charge on any atom is 0.293 e. The quantitative estimate of drug-likeness (QED) is 0.598. The summed E-state index contributed by atoms with van der Waals surface area (Å²) >= 11 is 1.34. The number of rotatable bonds is 6. The average Bonchev–Trinajstić information content (AvgIpc) is 3.32. The zero-order chi connectivity index (χ0) is 20.4. The van der Waals surface area contributed by atoms with Gasteiger partial charge in [-0.25, -0.2) is 4.98 Å². The number of furan rings is 1. The van der Waals surface area contributed by atoms with E-state index in [-0.39, 0.29) is 17.5 Å². The molecule has 1 aromatic carbocycles. The molecule has 29 heavy (non-hydrogen) atoms. The van der Waals surface area contributed by atoms with Crippen LogP contribution >= 0.6 is 11.3 Å². The average molecular weight is 410 g/mol.